The van der Waals surface area contributed by atoms with E-state index in [9.17, 15) is 0 Å². The number of hydrogen-bond acceptors (Lipinski definition) is 3. The van der Waals surface area contributed by atoms with Crippen molar-refractivity contribution >= 4 is 5.69 Å². The molecule has 19 heavy (non-hydrogen) atoms. The van der Waals surface area contributed by atoms with Crippen LogP contribution >= 0.6 is 0 Å². The maximum absolute atomic E-state index is 3.27. The summed E-state index contributed by atoms with van der Waals surface area (Å²) in [4.78, 5) is 5.07. The Hall–Kier alpha value is -1.06. The maximum atomic E-state index is 3.27. The predicted molar refractivity (Wildman–Crippen MR) is 83.0 cm³/mol. The molecule has 1 atom stereocenters. The molecule has 1 fully saturated rings. The number of nitrogens with one attached hydrogen (secondary N) is 1. The third kappa shape index (κ3) is 3.95. The highest BCUT2D eigenvalue weighted by atomic mass is 15.2. The summed E-state index contributed by atoms with van der Waals surface area (Å²) in [6.45, 7) is 6.78. The van der Waals surface area contributed by atoms with Gasteiger partial charge < -0.3 is 15.1 Å². The highest BCUT2D eigenvalue weighted by Gasteiger charge is 2.22. The molecule has 1 aromatic rings. The van der Waals surface area contributed by atoms with Gasteiger partial charge in [0.25, 0.3) is 0 Å². The topological polar surface area (TPSA) is 18.5 Å². The first-order valence-electron chi connectivity index (χ1n) is 7.37. The normalized spacial score (nSPS) is 21.4. The minimum Gasteiger partial charge on any atom is -0.370 e. The highest BCUT2D eigenvalue weighted by molar-refractivity contribution is 5.48. The molecule has 0 spiro atoms. The molecule has 0 saturated carbocycles. The van der Waals surface area contributed by atoms with Gasteiger partial charge in [-0.1, -0.05) is 12.1 Å². The molecule has 1 heterocycles. The Balaban J connectivity index is 2.08. The van der Waals surface area contributed by atoms with Gasteiger partial charge in [-0.15, -0.1) is 0 Å². The molecule has 0 aliphatic carbocycles. The van der Waals surface area contributed by atoms with Gasteiger partial charge >= 0.3 is 0 Å². The number of hydrogen-bond donors (Lipinski definition) is 1. The molecule has 1 saturated heterocycles. The van der Waals surface area contributed by atoms with Crippen LogP contribution in [0.2, 0.25) is 0 Å². The van der Waals surface area contributed by atoms with E-state index in [1.165, 1.54) is 37.2 Å². The molecule has 0 amide bonds. The lowest BCUT2D eigenvalue weighted by molar-refractivity contribution is 0.248. The van der Waals surface area contributed by atoms with Crippen LogP contribution in [0.15, 0.2) is 24.3 Å². The fourth-order valence-electron chi connectivity index (χ4n) is 2.86. The zero-order valence-corrected chi connectivity index (χ0v) is 12.5. The largest absolute Gasteiger partial charge is 0.370 e. The Morgan fingerprint density at radius 3 is 2.89 bits per heavy atom. The molecule has 0 bridgehead atoms. The van der Waals surface area contributed by atoms with Crippen LogP contribution in [0.1, 0.15) is 18.4 Å². The van der Waals surface area contributed by atoms with Crippen molar-refractivity contribution in [2.75, 3.05) is 45.2 Å². The van der Waals surface area contributed by atoms with E-state index in [0.717, 1.165) is 13.1 Å². The molecular weight excluding hydrogens is 234 g/mol. The number of likely N-dealkylation sites (N-methyl/N-ethyl adjacent to an activating group) is 1. The van der Waals surface area contributed by atoms with Crippen molar-refractivity contribution in [3.05, 3.63) is 29.8 Å². The van der Waals surface area contributed by atoms with E-state index in [0.29, 0.717) is 6.04 Å². The highest BCUT2D eigenvalue weighted by Crippen LogP contribution is 2.20. The van der Waals surface area contributed by atoms with Crippen molar-refractivity contribution in [1.29, 1.82) is 0 Å². The van der Waals surface area contributed by atoms with Crippen molar-refractivity contribution in [3.63, 3.8) is 0 Å². The van der Waals surface area contributed by atoms with Crippen LogP contribution in [0.3, 0.4) is 0 Å². The van der Waals surface area contributed by atoms with Crippen LogP contribution in [0.4, 0.5) is 5.69 Å². The van der Waals surface area contributed by atoms with E-state index in [-0.39, 0.29) is 0 Å². The lowest BCUT2D eigenvalue weighted by Gasteiger charge is -2.30. The van der Waals surface area contributed by atoms with Gasteiger partial charge in [0.2, 0.25) is 0 Å². The lowest BCUT2D eigenvalue weighted by atomic mass is 10.1. The second kappa shape index (κ2) is 6.92. The van der Waals surface area contributed by atoms with E-state index in [4.69, 9.17) is 0 Å². The van der Waals surface area contributed by atoms with Gasteiger partial charge in [-0.2, -0.15) is 0 Å². The second-order valence-electron chi connectivity index (χ2n) is 5.67. The summed E-state index contributed by atoms with van der Waals surface area (Å²) in [7, 11) is 4.30. The van der Waals surface area contributed by atoms with Crippen molar-refractivity contribution in [1.82, 2.24) is 10.2 Å². The van der Waals surface area contributed by atoms with Crippen molar-refractivity contribution in [2.24, 2.45) is 0 Å². The summed E-state index contributed by atoms with van der Waals surface area (Å²) in [5, 5.41) is 3.27. The molecule has 1 aliphatic rings. The Labute approximate surface area is 117 Å². The summed E-state index contributed by atoms with van der Waals surface area (Å²) in [5.74, 6) is 0. The Bertz CT molecular complexity index is 391. The van der Waals surface area contributed by atoms with E-state index in [1.54, 1.807) is 0 Å². The minimum absolute atomic E-state index is 0.649. The average molecular weight is 261 g/mol. The number of anilines is 1. The SMILES string of the molecule is CNCCC1CN(c2cccc(C)c2)CCCN1C. The lowest BCUT2D eigenvalue weighted by Crippen LogP contribution is -2.40. The first-order valence-corrected chi connectivity index (χ1v) is 7.37. The van der Waals surface area contributed by atoms with Crippen molar-refractivity contribution in [3.8, 4) is 0 Å². The number of rotatable bonds is 4. The van der Waals surface area contributed by atoms with Gasteiger partial charge in [0.15, 0.2) is 0 Å². The maximum Gasteiger partial charge on any atom is 0.0369 e. The van der Waals surface area contributed by atoms with Gasteiger partial charge in [0.1, 0.15) is 0 Å². The van der Waals surface area contributed by atoms with Crippen molar-refractivity contribution < 1.29 is 0 Å². The van der Waals surface area contributed by atoms with Gasteiger partial charge in [0.05, 0.1) is 0 Å². The number of nitrogens with zero attached hydrogens (tertiary/aromatic N) is 2. The molecule has 1 aromatic carbocycles. The quantitative estimate of drug-likeness (QED) is 0.895. The molecule has 3 heteroatoms. The Morgan fingerprint density at radius 1 is 1.32 bits per heavy atom. The summed E-state index contributed by atoms with van der Waals surface area (Å²) in [5.41, 5.74) is 2.73. The fourth-order valence-corrected chi connectivity index (χ4v) is 2.86. The molecule has 2 rings (SSSR count). The van der Waals surface area contributed by atoms with Crippen LogP contribution in [-0.4, -0.2) is 51.2 Å². The van der Waals surface area contributed by atoms with E-state index >= 15 is 0 Å². The third-order valence-electron chi connectivity index (χ3n) is 4.09. The number of benzene rings is 1. The monoisotopic (exact) mass is 261 g/mol. The minimum atomic E-state index is 0.649. The van der Waals surface area contributed by atoms with E-state index in [1.807, 2.05) is 7.05 Å². The standard InChI is InChI=1S/C16H27N3/c1-14-6-4-7-15(12-14)19-11-5-10-18(3)16(13-19)8-9-17-2/h4,6-7,12,16-17H,5,8-11,13H2,1-3H3. The Morgan fingerprint density at radius 2 is 2.16 bits per heavy atom. The first-order chi connectivity index (χ1) is 9.20. The first kappa shape index (κ1) is 14.4. The van der Waals surface area contributed by atoms with Gasteiger partial charge in [-0.05, 0) is 64.6 Å². The zero-order valence-electron chi connectivity index (χ0n) is 12.5. The molecule has 106 valence electrons. The molecular formula is C16H27N3. The molecule has 1 unspecified atom stereocenters. The summed E-state index contributed by atoms with van der Waals surface area (Å²) >= 11 is 0. The van der Waals surface area contributed by atoms with Crippen LogP contribution in [-0.2, 0) is 0 Å². The van der Waals surface area contributed by atoms with Gasteiger partial charge in [-0.25, -0.2) is 0 Å². The van der Waals surface area contributed by atoms with Crippen LogP contribution in [0.5, 0.6) is 0 Å². The number of aryl methyl sites for hydroxylation is 1. The van der Waals surface area contributed by atoms with Gasteiger partial charge in [-0.3, -0.25) is 0 Å². The average Bonchev–Trinajstić information content (AvgIpc) is 2.58. The van der Waals surface area contributed by atoms with Crippen molar-refractivity contribution in [2.45, 2.75) is 25.8 Å². The summed E-state index contributed by atoms with van der Waals surface area (Å²) < 4.78 is 0. The smallest absolute Gasteiger partial charge is 0.0369 e. The molecule has 0 aromatic heterocycles. The fraction of sp³-hybridized carbons (Fsp3) is 0.625. The molecule has 1 N–H and O–H groups in total. The summed E-state index contributed by atoms with van der Waals surface area (Å²) in [6, 6.07) is 9.54. The Kier molecular flexibility index (Phi) is 5.23. The molecule has 0 radical (unpaired) electrons. The van der Waals surface area contributed by atoms with Gasteiger partial charge in [0, 0.05) is 24.8 Å². The molecule has 1 aliphatic heterocycles. The van der Waals surface area contributed by atoms with E-state index < -0.39 is 0 Å². The third-order valence-corrected chi connectivity index (χ3v) is 4.09. The summed E-state index contributed by atoms with van der Waals surface area (Å²) in [6.07, 6.45) is 2.47. The molecule has 3 nitrogen and oxygen atoms in total. The van der Waals surface area contributed by atoms with Crippen LogP contribution < -0.4 is 10.2 Å². The van der Waals surface area contributed by atoms with Crippen LogP contribution in [0, 0.1) is 6.92 Å². The second-order valence-corrected chi connectivity index (χ2v) is 5.67. The zero-order chi connectivity index (χ0) is 13.7. The van der Waals surface area contributed by atoms with Crippen LogP contribution in [0.25, 0.3) is 0 Å². The van der Waals surface area contributed by atoms with E-state index in [2.05, 4.69) is 53.4 Å². The predicted octanol–water partition coefficient (Wildman–Crippen LogP) is 2.12.